The normalized spacial score (nSPS) is 22.1. The van der Waals surface area contributed by atoms with Crippen LogP contribution < -0.4 is 5.73 Å². The summed E-state index contributed by atoms with van der Waals surface area (Å²) in [6.45, 7) is 1.02. The molecule has 0 aliphatic heterocycles. The summed E-state index contributed by atoms with van der Waals surface area (Å²) >= 11 is 0. The van der Waals surface area contributed by atoms with Gasteiger partial charge in [-0.2, -0.15) is 13.2 Å². The highest BCUT2D eigenvalue weighted by Crippen LogP contribution is 2.25. The summed E-state index contributed by atoms with van der Waals surface area (Å²) in [5, 5.41) is 0. The largest absolute Gasteiger partial charge is 0.484 e. The molecule has 1 aliphatic carbocycles. The van der Waals surface area contributed by atoms with Crippen LogP contribution in [0.1, 0.15) is 13.3 Å². The van der Waals surface area contributed by atoms with Crippen molar-refractivity contribution in [1.29, 1.82) is 0 Å². The predicted molar refractivity (Wildman–Crippen MR) is 51.0 cm³/mol. The minimum Gasteiger partial charge on any atom is -0.484 e. The van der Waals surface area contributed by atoms with E-state index in [1.807, 2.05) is 0 Å². The molecule has 86 valence electrons. The average molecular weight is 221 g/mol. The van der Waals surface area contributed by atoms with Crippen LogP contribution in [0.3, 0.4) is 0 Å². The van der Waals surface area contributed by atoms with E-state index in [9.17, 15) is 13.2 Å². The van der Waals surface area contributed by atoms with Crippen molar-refractivity contribution in [2.24, 2.45) is 11.7 Å². The van der Waals surface area contributed by atoms with Gasteiger partial charge in [-0.3, -0.25) is 0 Å². The predicted octanol–water partition coefficient (Wildman–Crippen LogP) is 2.37. The Balaban J connectivity index is 2.53. The molecular weight excluding hydrogens is 207 g/mol. The Kier molecular flexibility index (Phi) is 3.79. The fourth-order valence-electron chi connectivity index (χ4n) is 1.42. The van der Waals surface area contributed by atoms with Gasteiger partial charge < -0.3 is 10.5 Å². The molecule has 15 heavy (non-hydrogen) atoms. The van der Waals surface area contributed by atoms with Gasteiger partial charge in [0.2, 0.25) is 0 Å². The molecule has 0 bridgehead atoms. The Labute approximate surface area is 86.6 Å². The summed E-state index contributed by atoms with van der Waals surface area (Å²) in [5.74, 6) is 0.528. The molecule has 0 aromatic rings. The SMILES string of the molecule is CC1=C(OCC(F)(F)F)C=C[C@H](CN)C1. The second-order valence-corrected chi connectivity index (χ2v) is 3.61. The van der Waals surface area contributed by atoms with Crippen LogP contribution in [0, 0.1) is 5.92 Å². The van der Waals surface area contributed by atoms with Crippen molar-refractivity contribution < 1.29 is 17.9 Å². The number of hydrogen-bond acceptors (Lipinski definition) is 2. The van der Waals surface area contributed by atoms with Crippen molar-refractivity contribution in [3.63, 3.8) is 0 Å². The minimum absolute atomic E-state index is 0.211. The van der Waals surface area contributed by atoms with E-state index in [0.717, 1.165) is 5.57 Å². The molecule has 0 aromatic heterocycles. The number of alkyl halides is 3. The fourth-order valence-corrected chi connectivity index (χ4v) is 1.42. The quantitative estimate of drug-likeness (QED) is 0.794. The number of allylic oxidation sites excluding steroid dienone is 2. The maximum atomic E-state index is 11.9. The smallest absolute Gasteiger partial charge is 0.422 e. The van der Waals surface area contributed by atoms with Crippen LogP contribution in [0.2, 0.25) is 0 Å². The first-order valence-electron chi connectivity index (χ1n) is 4.70. The van der Waals surface area contributed by atoms with Gasteiger partial charge in [0.05, 0.1) is 0 Å². The molecule has 1 rings (SSSR count). The highest BCUT2D eigenvalue weighted by molar-refractivity contribution is 5.25. The van der Waals surface area contributed by atoms with Gasteiger partial charge in [-0.25, -0.2) is 0 Å². The first kappa shape index (κ1) is 12.1. The monoisotopic (exact) mass is 221 g/mol. The van der Waals surface area contributed by atoms with Crippen LogP contribution in [0.25, 0.3) is 0 Å². The Morgan fingerprint density at radius 2 is 2.20 bits per heavy atom. The Hall–Kier alpha value is -0.970. The molecule has 0 radical (unpaired) electrons. The van der Waals surface area contributed by atoms with Crippen molar-refractivity contribution >= 4 is 0 Å². The van der Waals surface area contributed by atoms with E-state index in [1.54, 1.807) is 19.1 Å². The second-order valence-electron chi connectivity index (χ2n) is 3.61. The van der Waals surface area contributed by atoms with E-state index >= 15 is 0 Å². The van der Waals surface area contributed by atoms with Crippen molar-refractivity contribution in [2.45, 2.75) is 19.5 Å². The molecule has 1 aliphatic rings. The van der Waals surface area contributed by atoms with Crippen molar-refractivity contribution in [3.8, 4) is 0 Å². The zero-order chi connectivity index (χ0) is 11.5. The lowest BCUT2D eigenvalue weighted by Crippen LogP contribution is -2.19. The highest BCUT2D eigenvalue weighted by Gasteiger charge is 2.29. The molecule has 0 saturated carbocycles. The minimum atomic E-state index is -4.29. The molecule has 1 atom stereocenters. The van der Waals surface area contributed by atoms with E-state index in [1.165, 1.54) is 0 Å². The fraction of sp³-hybridized carbons (Fsp3) is 0.600. The third kappa shape index (κ3) is 3.95. The van der Waals surface area contributed by atoms with E-state index in [2.05, 4.69) is 4.74 Å². The Bertz CT molecular complexity index is 281. The van der Waals surface area contributed by atoms with E-state index in [-0.39, 0.29) is 5.92 Å². The molecule has 5 heteroatoms. The van der Waals surface area contributed by atoms with E-state index in [0.29, 0.717) is 18.7 Å². The van der Waals surface area contributed by atoms with E-state index < -0.39 is 12.8 Å². The first-order valence-corrected chi connectivity index (χ1v) is 4.70. The van der Waals surface area contributed by atoms with Crippen LogP contribution in [0.5, 0.6) is 0 Å². The number of halogens is 3. The van der Waals surface area contributed by atoms with Gasteiger partial charge in [-0.15, -0.1) is 0 Å². The topological polar surface area (TPSA) is 35.2 Å². The number of ether oxygens (including phenoxy) is 1. The van der Waals surface area contributed by atoms with Crippen LogP contribution >= 0.6 is 0 Å². The molecular formula is C10H14F3NO. The molecule has 0 fully saturated rings. The molecule has 0 saturated heterocycles. The van der Waals surface area contributed by atoms with Gasteiger partial charge in [0.25, 0.3) is 0 Å². The van der Waals surface area contributed by atoms with Gasteiger partial charge in [-0.05, 0) is 37.5 Å². The summed E-state index contributed by atoms with van der Waals surface area (Å²) in [5.41, 5.74) is 6.28. The van der Waals surface area contributed by atoms with Gasteiger partial charge in [0.15, 0.2) is 6.61 Å². The Morgan fingerprint density at radius 1 is 1.53 bits per heavy atom. The molecule has 0 spiro atoms. The second kappa shape index (κ2) is 4.70. The van der Waals surface area contributed by atoms with Crippen LogP contribution in [-0.4, -0.2) is 19.3 Å². The average Bonchev–Trinajstić information content (AvgIpc) is 2.14. The van der Waals surface area contributed by atoms with E-state index in [4.69, 9.17) is 5.73 Å². The van der Waals surface area contributed by atoms with Crippen molar-refractivity contribution in [1.82, 2.24) is 0 Å². The summed E-state index contributed by atoms with van der Waals surface area (Å²) < 4.78 is 40.3. The zero-order valence-electron chi connectivity index (χ0n) is 8.47. The third-order valence-electron chi connectivity index (χ3n) is 2.20. The van der Waals surface area contributed by atoms with Crippen molar-refractivity contribution in [2.75, 3.05) is 13.2 Å². The van der Waals surface area contributed by atoms with Gasteiger partial charge in [0, 0.05) is 0 Å². The molecule has 2 N–H and O–H groups in total. The number of nitrogens with two attached hydrogens (primary N) is 1. The zero-order valence-corrected chi connectivity index (χ0v) is 8.47. The van der Waals surface area contributed by atoms with Crippen LogP contribution in [0.4, 0.5) is 13.2 Å². The first-order chi connectivity index (χ1) is 6.92. The summed E-state index contributed by atoms with van der Waals surface area (Å²) in [4.78, 5) is 0. The maximum absolute atomic E-state index is 11.9. The summed E-state index contributed by atoms with van der Waals surface area (Å²) in [6.07, 6.45) is -0.257. The number of hydrogen-bond donors (Lipinski definition) is 1. The molecule has 2 nitrogen and oxygen atoms in total. The van der Waals surface area contributed by atoms with Crippen molar-refractivity contribution in [3.05, 3.63) is 23.5 Å². The molecule has 0 amide bonds. The Morgan fingerprint density at radius 3 is 2.67 bits per heavy atom. The molecule has 0 unspecified atom stereocenters. The van der Waals surface area contributed by atoms with Gasteiger partial charge >= 0.3 is 6.18 Å². The standard InChI is InChI=1S/C10H14F3NO/c1-7-4-8(5-14)2-3-9(7)15-6-10(11,12)13/h2-3,8H,4-6,14H2,1H3/t8-/m0/s1. The molecule has 0 aromatic carbocycles. The van der Waals surface area contributed by atoms with Crippen LogP contribution in [-0.2, 0) is 4.74 Å². The van der Waals surface area contributed by atoms with Gasteiger partial charge in [-0.1, -0.05) is 6.08 Å². The summed E-state index contributed by atoms with van der Waals surface area (Å²) in [7, 11) is 0. The lowest BCUT2D eigenvalue weighted by molar-refractivity contribution is -0.164. The van der Waals surface area contributed by atoms with Gasteiger partial charge in [0.1, 0.15) is 5.76 Å². The molecule has 0 heterocycles. The number of rotatable bonds is 3. The maximum Gasteiger partial charge on any atom is 0.422 e. The lowest BCUT2D eigenvalue weighted by Gasteiger charge is -2.19. The highest BCUT2D eigenvalue weighted by atomic mass is 19.4. The van der Waals surface area contributed by atoms with Crippen LogP contribution in [0.15, 0.2) is 23.5 Å². The lowest BCUT2D eigenvalue weighted by atomic mass is 9.94. The summed E-state index contributed by atoms with van der Waals surface area (Å²) in [6, 6.07) is 0. The third-order valence-corrected chi connectivity index (χ3v) is 2.20.